The standard InChI is InChI=1S/C26H28N4O4/c1-17-20(12-13-24(31)27-16-18-8-7-9-19(14-18)33-3)26(32)30-25(29(17)2)15-22(28-30)21-10-5-6-11-23(21)34-4/h5-11,14-15H,12-13,16H2,1-4H3,(H,27,31). The van der Waals surface area contributed by atoms with Crippen molar-refractivity contribution in [1.29, 1.82) is 0 Å². The zero-order valence-electron chi connectivity index (χ0n) is 19.8. The highest BCUT2D eigenvalue weighted by Crippen LogP contribution is 2.29. The molecular weight excluding hydrogens is 432 g/mol. The number of ether oxygens (including phenoxy) is 2. The summed E-state index contributed by atoms with van der Waals surface area (Å²) >= 11 is 0. The number of benzene rings is 2. The Morgan fingerprint density at radius 1 is 1.06 bits per heavy atom. The van der Waals surface area contributed by atoms with Gasteiger partial charge in [0.05, 0.1) is 19.9 Å². The van der Waals surface area contributed by atoms with Gasteiger partial charge < -0.3 is 19.4 Å². The van der Waals surface area contributed by atoms with Gasteiger partial charge in [-0.15, -0.1) is 0 Å². The molecule has 2 aromatic carbocycles. The van der Waals surface area contributed by atoms with Gasteiger partial charge in [-0.2, -0.15) is 9.61 Å². The Kier molecular flexibility index (Phi) is 6.67. The van der Waals surface area contributed by atoms with Crippen LogP contribution in [0.3, 0.4) is 0 Å². The molecule has 0 fully saturated rings. The maximum absolute atomic E-state index is 13.3. The first kappa shape index (κ1) is 23.1. The summed E-state index contributed by atoms with van der Waals surface area (Å²) in [7, 11) is 5.11. The van der Waals surface area contributed by atoms with Crippen LogP contribution in [0.1, 0.15) is 23.2 Å². The van der Waals surface area contributed by atoms with E-state index >= 15 is 0 Å². The van der Waals surface area contributed by atoms with E-state index in [1.54, 1.807) is 14.2 Å². The highest BCUT2D eigenvalue weighted by Gasteiger charge is 2.18. The van der Waals surface area contributed by atoms with Gasteiger partial charge in [-0.05, 0) is 43.2 Å². The monoisotopic (exact) mass is 460 g/mol. The molecule has 0 unspecified atom stereocenters. The van der Waals surface area contributed by atoms with E-state index in [1.807, 2.05) is 73.1 Å². The molecule has 0 radical (unpaired) electrons. The summed E-state index contributed by atoms with van der Waals surface area (Å²) in [5.41, 5.74) is 4.25. The highest BCUT2D eigenvalue weighted by atomic mass is 16.5. The SMILES string of the molecule is COc1cccc(CNC(=O)CCc2c(C)n(C)c3cc(-c4ccccc4OC)nn3c2=O)c1. The predicted octanol–water partition coefficient (Wildman–Crippen LogP) is 3.27. The van der Waals surface area contributed by atoms with Crippen LogP contribution in [0.5, 0.6) is 11.5 Å². The molecule has 4 rings (SSSR count). The van der Waals surface area contributed by atoms with Gasteiger partial charge >= 0.3 is 0 Å². The first-order valence-corrected chi connectivity index (χ1v) is 11.0. The summed E-state index contributed by atoms with van der Waals surface area (Å²) in [4.78, 5) is 25.8. The molecule has 0 spiro atoms. The second kappa shape index (κ2) is 9.82. The maximum atomic E-state index is 13.3. The quantitative estimate of drug-likeness (QED) is 0.436. The van der Waals surface area contributed by atoms with Crippen LogP contribution in [0.15, 0.2) is 59.4 Å². The molecule has 8 nitrogen and oxygen atoms in total. The lowest BCUT2D eigenvalue weighted by Gasteiger charge is -2.12. The molecule has 0 aliphatic heterocycles. The number of carbonyl (C=O) groups excluding carboxylic acids is 1. The third-order valence-electron chi connectivity index (χ3n) is 6.03. The number of aromatic nitrogens is 3. The van der Waals surface area contributed by atoms with Gasteiger partial charge in [0.25, 0.3) is 5.56 Å². The summed E-state index contributed by atoms with van der Waals surface area (Å²) in [6, 6.07) is 17.0. The Morgan fingerprint density at radius 2 is 1.85 bits per heavy atom. The molecule has 0 aliphatic rings. The minimum Gasteiger partial charge on any atom is -0.497 e. The predicted molar refractivity (Wildman–Crippen MR) is 130 cm³/mol. The Labute approximate surface area is 197 Å². The number of carbonyl (C=O) groups is 1. The van der Waals surface area contributed by atoms with Crippen molar-refractivity contribution in [1.82, 2.24) is 19.5 Å². The fourth-order valence-corrected chi connectivity index (χ4v) is 4.00. The van der Waals surface area contributed by atoms with Crippen molar-refractivity contribution in [2.75, 3.05) is 14.2 Å². The Balaban J connectivity index is 1.54. The molecule has 176 valence electrons. The zero-order valence-corrected chi connectivity index (χ0v) is 19.8. The lowest BCUT2D eigenvalue weighted by Crippen LogP contribution is -2.27. The summed E-state index contributed by atoms with van der Waals surface area (Å²) < 4.78 is 14.0. The van der Waals surface area contributed by atoms with Gasteiger partial charge in [0.1, 0.15) is 17.1 Å². The molecular formula is C26H28N4O4. The summed E-state index contributed by atoms with van der Waals surface area (Å²) in [6.07, 6.45) is 0.522. The lowest BCUT2D eigenvalue weighted by atomic mass is 10.1. The molecule has 4 aromatic rings. The molecule has 1 amide bonds. The van der Waals surface area contributed by atoms with E-state index in [9.17, 15) is 9.59 Å². The third kappa shape index (κ3) is 4.52. The third-order valence-corrected chi connectivity index (χ3v) is 6.03. The van der Waals surface area contributed by atoms with Gasteiger partial charge in [-0.3, -0.25) is 9.59 Å². The minimum atomic E-state index is -0.215. The van der Waals surface area contributed by atoms with E-state index in [2.05, 4.69) is 10.4 Å². The number of nitrogens with zero attached hydrogens (tertiary/aromatic N) is 3. The molecule has 0 saturated heterocycles. The van der Waals surface area contributed by atoms with Crippen molar-refractivity contribution < 1.29 is 14.3 Å². The van der Waals surface area contributed by atoms with Crippen molar-refractivity contribution in [3.63, 3.8) is 0 Å². The van der Waals surface area contributed by atoms with Crippen molar-refractivity contribution in [2.24, 2.45) is 7.05 Å². The molecule has 0 atom stereocenters. The van der Waals surface area contributed by atoms with E-state index in [-0.39, 0.29) is 17.9 Å². The van der Waals surface area contributed by atoms with Crippen LogP contribution in [-0.4, -0.2) is 34.3 Å². The van der Waals surface area contributed by atoms with Crippen LogP contribution in [0.4, 0.5) is 0 Å². The lowest BCUT2D eigenvalue weighted by molar-refractivity contribution is -0.121. The van der Waals surface area contributed by atoms with Crippen LogP contribution in [0.25, 0.3) is 16.9 Å². The van der Waals surface area contributed by atoms with Crippen LogP contribution in [0, 0.1) is 6.92 Å². The second-order valence-electron chi connectivity index (χ2n) is 8.06. The maximum Gasteiger partial charge on any atom is 0.277 e. The number of hydrogen-bond donors (Lipinski definition) is 1. The average Bonchev–Trinajstić information content (AvgIpc) is 3.32. The van der Waals surface area contributed by atoms with Crippen LogP contribution in [-0.2, 0) is 24.8 Å². The number of fused-ring (bicyclic) bond motifs is 1. The number of methoxy groups -OCH3 is 2. The fourth-order valence-electron chi connectivity index (χ4n) is 4.00. The van der Waals surface area contributed by atoms with Crippen LogP contribution in [0.2, 0.25) is 0 Å². The average molecular weight is 461 g/mol. The molecule has 0 bridgehead atoms. The van der Waals surface area contributed by atoms with E-state index in [4.69, 9.17) is 9.47 Å². The van der Waals surface area contributed by atoms with E-state index in [0.29, 0.717) is 35.6 Å². The molecule has 0 saturated carbocycles. The summed E-state index contributed by atoms with van der Waals surface area (Å²) in [6.45, 7) is 2.29. The van der Waals surface area contributed by atoms with Gasteiger partial charge in [0, 0.05) is 42.9 Å². The smallest absolute Gasteiger partial charge is 0.277 e. The first-order chi connectivity index (χ1) is 16.4. The van der Waals surface area contributed by atoms with Gasteiger partial charge in [0.15, 0.2) is 0 Å². The van der Waals surface area contributed by atoms with Crippen LogP contribution >= 0.6 is 0 Å². The zero-order chi connectivity index (χ0) is 24.2. The summed E-state index contributed by atoms with van der Waals surface area (Å²) in [5, 5.41) is 7.47. The Hall–Kier alpha value is -4.07. The number of nitrogens with one attached hydrogen (secondary N) is 1. The molecule has 0 aliphatic carbocycles. The number of para-hydroxylation sites is 1. The Bertz CT molecular complexity index is 1400. The summed E-state index contributed by atoms with van der Waals surface area (Å²) in [5.74, 6) is 1.30. The number of amides is 1. The normalized spacial score (nSPS) is 10.9. The van der Waals surface area contributed by atoms with E-state index in [0.717, 1.165) is 22.6 Å². The molecule has 34 heavy (non-hydrogen) atoms. The van der Waals surface area contributed by atoms with Crippen molar-refractivity contribution in [3.05, 3.63) is 81.8 Å². The number of rotatable bonds is 8. The van der Waals surface area contributed by atoms with Gasteiger partial charge in [-0.1, -0.05) is 24.3 Å². The van der Waals surface area contributed by atoms with Crippen molar-refractivity contribution in [3.8, 4) is 22.8 Å². The van der Waals surface area contributed by atoms with Gasteiger partial charge in [0.2, 0.25) is 5.91 Å². The molecule has 8 heteroatoms. The second-order valence-corrected chi connectivity index (χ2v) is 8.06. The van der Waals surface area contributed by atoms with Crippen LogP contribution < -0.4 is 20.3 Å². The highest BCUT2D eigenvalue weighted by molar-refractivity contribution is 5.76. The van der Waals surface area contributed by atoms with Gasteiger partial charge in [-0.25, -0.2) is 0 Å². The minimum absolute atomic E-state index is 0.125. The van der Waals surface area contributed by atoms with E-state index < -0.39 is 0 Å². The van der Waals surface area contributed by atoms with Crippen molar-refractivity contribution >= 4 is 11.6 Å². The topological polar surface area (TPSA) is 86.9 Å². The Morgan fingerprint density at radius 3 is 2.62 bits per heavy atom. The number of hydrogen-bond acceptors (Lipinski definition) is 5. The van der Waals surface area contributed by atoms with E-state index in [1.165, 1.54) is 4.52 Å². The first-order valence-electron chi connectivity index (χ1n) is 11.0. The molecule has 1 N–H and O–H groups in total. The fraction of sp³-hybridized carbons (Fsp3) is 0.269. The van der Waals surface area contributed by atoms with Crippen molar-refractivity contribution in [2.45, 2.75) is 26.3 Å². The largest absolute Gasteiger partial charge is 0.497 e. The molecule has 2 aromatic heterocycles. The molecule has 2 heterocycles. The number of aryl methyl sites for hydroxylation is 1.